The van der Waals surface area contributed by atoms with Crippen molar-refractivity contribution in [1.29, 1.82) is 0 Å². The van der Waals surface area contributed by atoms with E-state index >= 15 is 0 Å². The van der Waals surface area contributed by atoms with Gasteiger partial charge in [0.1, 0.15) is 5.82 Å². The lowest BCUT2D eigenvalue weighted by Crippen LogP contribution is -2.49. The smallest absolute Gasteiger partial charge is 0.185 e. The first kappa shape index (κ1) is 12.7. The van der Waals surface area contributed by atoms with Crippen molar-refractivity contribution in [2.75, 3.05) is 0 Å². The predicted molar refractivity (Wildman–Crippen MR) is 68.4 cm³/mol. The molecule has 1 aliphatic carbocycles. The van der Waals surface area contributed by atoms with Gasteiger partial charge in [0.25, 0.3) is 0 Å². The fraction of sp³-hybridized carbons (Fsp3) is 0.462. The van der Waals surface area contributed by atoms with Gasteiger partial charge in [-0.15, -0.1) is 0 Å². The minimum atomic E-state index is -0.875. The largest absolute Gasteiger partial charge is 0.319 e. The Hall–Kier alpha value is -0.740. The molecule has 1 aromatic carbocycles. The quantitative estimate of drug-likeness (QED) is 0.850. The normalized spacial score (nSPS) is 19.0. The van der Waals surface area contributed by atoms with Crippen LogP contribution in [0.25, 0.3) is 0 Å². The topological polar surface area (TPSA) is 43.1 Å². The Labute approximate surface area is 109 Å². The van der Waals surface area contributed by atoms with Crippen molar-refractivity contribution in [3.8, 4) is 0 Å². The third-order valence-electron chi connectivity index (χ3n) is 3.39. The molecular weight excluding hydrogens is 285 g/mol. The molecule has 0 aromatic heterocycles. The third-order valence-corrected chi connectivity index (χ3v) is 4.01. The molecule has 0 bridgehead atoms. The molecule has 0 saturated heterocycles. The molecule has 1 aromatic rings. The van der Waals surface area contributed by atoms with E-state index in [0.717, 1.165) is 19.3 Å². The second-order valence-corrected chi connectivity index (χ2v) is 5.50. The first-order valence-corrected chi connectivity index (χ1v) is 6.61. The van der Waals surface area contributed by atoms with Gasteiger partial charge in [-0.2, -0.15) is 0 Å². The van der Waals surface area contributed by atoms with Crippen LogP contribution in [0.1, 0.15) is 42.5 Å². The Kier molecular flexibility index (Phi) is 3.64. The van der Waals surface area contributed by atoms with Crippen molar-refractivity contribution in [3.05, 3.63) is 34.1 Å². The number of benzene rings is 1. The summed E-state index contributed by atoms with van der Waals surface area (Å²) in [4.78, 5) is 12.3. The Morgan fingerprint density at radius 1 is 1.29 bits per heavy atom. The molecule has 0 heterocycles. The highest BCUT2D eigenvalue weighted by molar-refractivity contribution is 9.10. The van der Waals surface area contributed by atoms with Crippen molar-refractivity contribution >= 4 is 21.7 Å². The molecular formula is C13H15BrFNO. The van der Waals surface area contributed by atoms with Gasteiger partial charge in [0.05, 0.1) is 15.6 Å². The van der Waals surface area contributed by atoms with E-state index in [9.17, 15) is 9.18 Å². The molecule has 0 unspecified atom stereocenters. The fourth-order valence-corrected chi connectivity index (χ4v) is 2.72. The molecule has 0 atom stereocenters. The molecule has 1 aliphatic rings. The first-order chi connectivity index (χ1) is 8.04. The highest BCUT2D eigenvalue weighted by Crippen LogP contribution is 2.31. The summed E-state index contributed by atoms with van der Waals surface area (Å²) in [5.74, 6) is -0.774. The van der Waals surface area contributed by atoms with Gasteiger partial charge in [-0.25, -0.2) is 4.39 Å². The van der Waals surface area contributed by atoms with Crippen molar-refractivity contribution in [1.82, 2.24) is 0 Å². The van der Waals surface area contributed by atoms with E-state index in [-0.39, 0.29) is 11.3 Å². The van der Waals surface area contributed by atoms with Crippen LogP contribution in [0.4, 0.5) is 4.39 Å². The molecule has 0 spiro atoms. The Bertz CT molecular complexity index is 441. The van der Waals surface area contributed by atoms with Crippen LogP contribution in [-0.4, -0.2) is 11.3 Å². The lowest BCUT2D eigenvalue weighted by atomic mass is 9.77. The Morgan fingerprint density at radius 3 is 2.59 bits per heavy atom. The highest BCUT2D eigenvalue weighted by Gasteiger charge is 2.37. The van der Waals surface area contributed by atoms with Crippen LogP contribution in [0.3, 0.4) is 0 Å². The summed E-state index contributed by atoms with van der Waals surface area (Å²) in [6.45, 7) is 0. The predicted octanol–water partition coefficient (Wildman–Crippen LogP) is 3.43. The zero-order chi connectivity index (χ0) is 12.5. The van der Waals surface area contributed by atoms with Gasteiger partial charge in [-0.05, 0) is 40.9 Å². The Balaban J connectivity index is 2.33. The second kappa shape index (κ2) is 4.86. The van der Waals surface area contributed by atoms with Gasteiger partial charge in [0.15, 0.2) is 5.78 Å². The number of rotatable bonds is 2. The van der Waals surface area contributed by atoms with Crippen LogP contribution < -0.4 is 5.73 Å². The van der Waals surface area contributed by atoms with E-state index in [4.69, 9.17) is 5.73 Å². The Morgan fingerprint density at radius 2 is 1.94 bits per heavy atom. The maximum Gasteiger partial charge on any atom is 0.185 e. The monoisotopic (exact) mass is 299 g/mol. The van der Waals surface area contributed by atoms with Crippen LogP contribution in [0.5, 0.6) is 0 Å². The van der Waals surface area contributed by atoms with E-state index in [0.29, 0.717) is 17.3 Å². The molecule has 1 fully saturated rings. The maximum atomic E-state index is 13.9. The van der Waals surface area contributed by atoms with E-state index in [1.165, 1.54) is 6.07 Å². The van der Waals surface area contributed by atoms with E-state index in [2.05, 4.69) is 15.9 Å². The minimum absolute atomic E-state index is 0.101. The van der Waals surface area contributed by atoms with Gasteiger partial charge >= 0.3 is 0 Å². The molecule has 17 heavy (non-hydrogen) atoms. The third kappa shape index (κ3) is 2.43. The molecule has 0 aliphatic heterocycles. The summed E-state index contributed by atoms with van der Waals surface area (Å²) >= 11 is 3.09. The average Bonchev–Trinajstić information content (AvgIpc) is 2.33. The number of halogens is 2. The number of carbonyl (C=O) groups is 1. The van der Waals surface area contributed by atoms with Crippen LogP contribution in [0.2, 0.25) is 0 Å². The summed E-state index contributed by atoms with van der Waals surface area (Å²) < 4.78 is 14.2. The van der Waals surface area contributed by atoms with Gasteiger partial charge in [-0.1, -0.05) is 25.3 Å². The number of hydrogen-bond donors (Lipinski definition) is 1. The van der Waals surface area contributed by atoms with Gasteiger partial charge in [0.2, 0.25) is 0 Å². The molecule has 0 amide bonds. The first-order valence-electron chi connectivity index (χ1n) is 5.82. The zero-order valence-electron chi connectivity index (χ0n) is 9.51. The summed E-state index contributed by atoms with van der Waals surface area (Å²) in [7, 11) is 0. The molecule has 4 heteroatoms. The van der Waals surface area contributed by atoms with Crippen LogP contribution >= 0.6 is 15.9 Å². The SMILES string of the molecule is NC1(C(=O)c2cccc(Br)c2F)CCCCC1. The molecule has 2 rings (SSSR count). The van der Waals surface area contributed by atoms with Crippen molar-refractivity contribution < 1.29 is 9.18 Å². The molecule has 1 saturated carbocycles. The van der Waals surface area contributed by atoms with Crippen LogP contribution in [0, 0.1) is 5.82 Å². The van der Waals surface area contributed by atoms with Crippen LogP contribution in [0.15, 0.2) is 22.7 Å². The average molecular weight is 300 g/mol. The maximum absolute atomic E-state index is 13.9. The molecule has 92 valence electrons. The summed E-state index contributed by atoms with van der Waals surface area (Å²) in [6.07, 6.45) is 4.29. The molecule has 2 nitrogen and oxygen atoms in total. The molecule has 0 radical (unpaired) electrons. The van der Waals surface area contributed by atoms with E-state index in [1.807, 2.05) is 0 Å². The van der Waals surface area contributed by atoms with Gasteiger partial charge in [0, 0.05) is 0 Å². The van der Waals surface area contributed by atoms with Gasteiger partial charge in [-0.3, -0.25) is 4.79 Å². The van der Waals surface area contributed by atoms with Crippen molar-refractivity contribution in [3.63, 3.8) is 0 Å². The minimum Gasteiger partial charge on any atom is -0.319 e. The van der Waals surface area contributed by atoms with E-state index < -0.39 is 11.4 Å². The lowest BCUT2D eigenvalue weighted by molar-refractivity contribution is 0.0843. The van der Waals surface area contributed by atoms with Crippen molar-refractivity contribution in [2.24, 2.45) is 5.73 Å². The molecule has 2 N–H and O–H groups in total. The van der Waals surface area contributed by atoms with Crippen LogP contribution in [-0.2, 0) is 0 Å². The number of carbonyl (C=O) groups excluding carboxylic acids is 1. The number of hydrogen-bond acceptors (Lipinski definition) is 2. The summed E-state index contributed by atoms with van der Waals surface area (Å²) in [5.41, 5.74) is 5.35. The standard InChI is InChI=1S/C13H15BrFNO/c14-10-6-4-5-9(11(10)15)12(17)13(16)7-2-1-3-8-13/h4-6H,1-3,7-8,16H2. The zero-order valence-corrected chi connectivity index (χ0v) is 11.1. The van der Waals surface area contributed by atoms with Crippen molar-refractivity contribution in [2.45, 2.75) is 37.6 Å². The van der Waals surface area contributed by atoms with Gasteiger partial charge < -0.3 is 5.73 Å². The number of Topliss-reactive ketones (excluding diaryl/α,β-unsaturated/α-hetero) is 1. The summed E-state index contributed by atoms with van der Waals surface area (Å²) in [6, 6.07) is 4.74. The number of ketones is 1. The highest BCUT2D eigenvalue weighted by atomic mass is 79.9. The second-order valence-electron chi connectivity index (χ2n) is 4.65. The lowest BCUT2D eigenvalue weighted by Gasteiger charge is -2.32. The summed E-state index contributed by atoms with van der Waals surface area (Å²) in [5, 5.41) is 0. The van der Waals surface area contributed by atoms with E-state index in [1.54, 1.807) is 12.1 Å². The fourth-order valence-electron chi connectivity index (χ4n) is 2.36. The number of nitrogens with two attached hydrogens (primary N) is 1.